The quantitative estimate of drug-likeness (QED) is 0.618. The second-order valence-electron chi connectivity index (χ2n) is 4.92. The lowest BCUT2D eigenvalue weighted by atomic mass is 10.0. The van der Waals surface area contributed by atoms with Gasteiger partial charge in [0, 0.05) is 16.6 Å². The van der Waals surface area contributed by atoms with Crippen LogP contribution in [-0.4, -0.2) is 4.98 Å². The molecule has 0 spiro atoms. The largest absolute Gasteiger partial charge is 0.253 e. The van der Waals surface area contributed by atoms with Crippen molar-refractivity contribution < 1.29 is 8.78 Å². The zero-order valence-corrected chi connectivity index (χ0v) is 11.2. The highest BCUT2D eigenvalue weighted by Crippen LogP contribution is 2.28. The second-order valence-corrected chi connectivity index (χ2v) is 4.92. The summed E-state index contributed by atoms with van der Waals surface area (Å²) in [6.07, 6.45) is 0. The zero-order chi connectivity index (χ0) is 14.3. The predicted octanol–water partition coefficient (Wildman–Crippen LogP) is 4.80. The first-order valence-electron chi connectivity index (χ1n) is 6.38. The predicted molar refractivity (Wildman–Crippen MR) is 76.6 cm³/mol. The van der Waals surface area contributed by atoms with Gasteiger partial charge in [0.15, 0.2) is 11.6 Å². The van der Waals surface area contributed by atoms with E-state index in [4.69, 9.17) is 0 Å². The summed E-state index contributed by atoms with van der Waals surface area (Å²) < 4.78 is 27.7. The van der Waals surface area contributed by atoms with Gasteiger partial charge in [0.05, 0.1) is 5.52 Å². The third kappa shape index (κ3) is 2.05. The van der Waals surface area contributed by atoms with Crippen LogP contribution in [0.5, 0.6) is 0 Å². The topological polar surface area (TPSA) is 12.9 Å². The molecule has 0 N–H and O–H groups in total. The van der Waals surface area contributed by atoms with Crippen LogP contribution >= 0.6 is 0 Å². The van der Waals surface area contributed by atoms with Gasteiger partial charge in [-0.1, -0.05) is 24.3 Å². The summed E-state index contributed by atoms with van der Waals surface area (Å²) in [6, 6.07) is 12.5. The highest BCUT2D eigenvalue weighted by Gasteiger charge is 2.12. The maximum absolute atomic E-state index is 14.0. The molecule has 100 valence electrons. The molecule has 0 radical (unpaired) electrons. The minimum Gasteiger partial charge on any atom is -0.253 e. The van der Waals surface area contributed by atoms with Crippen molar-refractivity contribution in [2.75, 3.05) is 0 Å². The third-order valence-electron chi connectivity index (χ3n) is 3.41. The highest BCUT2D eigenvalue weighted by molar-refractivity contribution is 5.84. The Labute approximate surface area is 115 Å². The van der Waals surface area contributed by atoms with E-state index in [1.165, 1.54) is 0 Å². The fraction of sp³-hybridized carbons (Fsp3) is 0.118. The Morgan fingerprint density at radius 2 is 1.65 bits per heavy atom. The number of hydrogen-bond donors (Lipinski definition) is 0. The van der Waals surface area contributed by atoms with Crippen molar-refractivity contribution in [2.45, 2.75) is 13.8 Å². The SMILES string of the molecule is Cc1ccc2cc(-c3ccc(C)c(F)c3F)ccc2n1. The zero-order valence-electron chi connectivity index (χ0n) is 11.2. The maximum Gasteiger partial charge on any atom is 0.166 e. The first kappa shape index (κ1) is 12.7. The Bertz CT molecular complexity index is 809. The molecule has 0 aliphatic carbocycles. The summed E-state index contributed by atoms with van der Waals surface area (Å²) in [4.78, 5) is 4.40. The first-order chi connectivity index (χ1) is 9.56. The van der Waals surface area contributed by atoms with Crippen LogP contribution in [0.3, 0.4) is 0 Å². The first-order valence-corrected chi connectivity index (χ1v) is 6.38. The van der Waals surface area contributed by atoms with Gasteiger partial charge in [-0.05, 0) is 43.2 Å². The molecule has 20 heavy (non-hydrogen) atoms. The van der Waals surface area contributed by atoms with Crippen LogP contribution in [0.2, 0.25) is 0 Å². The van der Waals surface area contributed by atoms with E-state index in [9.17, 15) is 8.78 Å². The highest BCUT2D eigenvalue weighted by atomic mass is 19.2. The molecule has 0 bridgehead atoms. The number of hydrogen-bond acceptors (Lipinski definition) is 1. The Morgan fingerprint density at radius 1 is 0.850 bits per heavy atom. The maximum atomic E-state index is 14.0. The van der Waals surface area contributed by atoms with Crippen LogP contribution in [0.1, 0.15) is 11.3 Å². The normalized spacial score (nSPS) is 11.0. The molecule has 3 aromatic rings. The molecule has 0 aliphatic rings. The minimum atomic E-state index is -0.801. The molecule has 0 saturated carbocycles. The van der Waals surface area contributed by atoms with Gasteiger partial charge in [-0.15, -0.1) is 0 Å². The molecule has 1 aromatic heterocycles. The van der Waals surface area contributed by atoms with Crippen LogP contribution in [0.15, 0.2) is 42.5 Å². The van der Waals surface area contributed by atoms with Gasteiger partial charge in [-0.2, -0.15) is 0 Å². The molecule has 3 heteroatoms. The van der Waals surface area contributed by atoms with Crippen LogP contribution < -0.4 is 0 Å². The average Bonchev–Trinajstić information content (AvgIpc) is 2.44. The summed E-state index contributed by atoms with van der Waals surface area (Å²) in [5.41, 5.74) is 3.01. The van der Waals surface area contributed by atoms with E-state index >= 15 is 0 Å². The summed E-state index contributed by atoms with van der Waals surface area (Å²) in [7, 11) is 0. The number of benzene rings is 2. The molecule has 3 rings (SSSR count). The average molecular weight is 269 g/mol. The fourth-order valence-corrected chi connectivity index (χ4v) is 2.26. The molecule has 0 aliphatic heterocycles. The smallest absolute Gasteiger partial charge is 0.166 e. The van der Waals surface area contributed by atoms with Crippen molar-refractivity contribution in [3.63, 3.8) is 0 Å². The van der Waals surface area contributed by atoms with Gasteiger partial charge in [-0.25, -0.2) is 8.78 Å². The number of rotatable bonds is 1. The van der Waals surface area contributed by atoms with Crippen LogP contribution in [0, 0.1) is 25.5 Å². The summed E-state index contributed by atoms with van der Waals surface area (Å²) >= 11 is 0. The Balaban J connectivity index is 2.20. The third-order valence-corrected chi connectivity index (χ3v) is 3.41. The van der Waals surface area contributed by atoms with Crippen molar-refractivity contribution in [3.8, 4) is 11.1 Å². The van der Waals surface area contributed by atoms with E-state index in [0.717, 1.165) is 16.6 Å². The molecule has 2 aromatic carbocycles. The monoisotopic (exact) mass is 269 g/mol. The number of fused-ring (bicyclic) bond motifs is 1. The van der Waals surface area contributed by atoms with Gasteiger partial charge >= 0.3 is 0 Å². The van der Waals surface area contributed by atoms with Gasteiger partial charge in [0.25, 0.3) is 0 Å². The summed E-state index contributed by atoms with van der Waals surface area (Å²) in [5, 5.41) is 0.911. The molecular formula is C17H13F2N. The number of pyridine rings is 1. The Morgan fingerprint density at radius 3 is 2.45 bits per heavy atom. The van der Waals surface area contributed by atoms with E-state index < -0.39 is 11.6 Å². The number of nitrogens with zero attached hydrogens (tertiary/aromatic N) is 1. The molecule has 1 heterocycles. The fourth-order valence-electron chi connectivity index (χ4n) is 2.26. The van der Waals surface area contributed by atoms with E-state index in [-0.39, 0.29) is 5.56 Å². The summed E-state index contributed by atoms with van der Waals surface area (Å²) in [6.45, 7) is 3.47. The Kier molecular flexibility index (Phi) is 2.97. The van der Waals surface area contributed by atoms with Crippen molar-refractivity contribution >= 4 is 10.9 Å². The van der Waals surface area contributed by atoms with Gasteiger partial charge in [0.1, 0.15) is 0 Å². The molecule has 0 atom stereocenters. The lowest BCUT2D eigenvalue weighted by Gasteiger charge is -2.07. The van der Waals surface area contributed by atoms with Crippen LogP contribution in [0.4, 0.5) is 8.78 Å². The van der Waals surface area contributed by atoms with Crippen LogP contribution in [-0.2, 0) is 0 Å². The molecule has 0 fully saturated rings. The lowest BCUT2D eigenvalue weighted by Crippen LogP contribution is -1.93. The lowest BCUT2D eigenvalue weighted by molar-refractivity contribution is 0.505. The van der Waals surface area contributed by atoms with Gasteiger partial charge < -0.3 is 0 Å². The van der Waals surface area contributed by atoms with Crippen molar-refractivity contribution in [1.82, 2.24) is 4.98 Å². The van der Waals surface area contributed by atoms with E-state index in [0.29, 0.717) is 11.1 Å². The van der Waals surface area contributed by atoms with Crippen molar-refractivity contribution in [3.05, 3.63) is 65.4 Å². The number of halogens is 2. The molecule has 0 amide bonds. The summed E-state index contributed by atoms with van der Waals surface area (Å²) in [5.74, 6) is -1.59. The molecule has 1 nitrogen and oxygen atoms in total. The molecule has 0 unspecified atom stereocenters. The second kappa shape index (κ2) is 4.67. The molecular weight excluding hydrogens is 256 g/mol. The van der Waals surface area contributed by atoms with Crippen molar-refractivity contribution in [1.29, 1.82) is 0 Å². The Hall–Kier alpha value is -2.29. The van der Waals surface area contributed by atoms with E-state index in [2.05, 4.69) is 4.98 Å². The molecule has 0 saturated heterocycles. The van der Waals surface area contributed by atoms with E-state index in [1.54, 1.807) is 25.1 Å². The van der Waals surface area contributed by atoms with Crippen molar-refractivity contribution in [2.24, 2.45) is 0 Å². The van der Waals surface area contributed by atoms with Gasteiger partial charge in [-0.3, -0.25) is 4.98 Å². The van der Waals surface area contributed by atoms with E-state index in [1.807, 2.05) is 31.2 Å². The standard InChI is InChI=1S/C17H13F2N/c1-10-3-7-14(17(19)16(10)18)12-6-8-15-13(9-12)5-4-11(2)20-15/h3-9H,1-2H3. The number of aromatic nitrogens is 1. The van der Waals surface area contributed by atoms with Crippen LogP contribution in [0.25, 0.3) is 22.0 Å². The number of aryl methyl sites for hydroxylation is 2. The minimum absolute atomic E-state index is 0.274. The van der Waals surface area contributed by atoms with Gasteiger partial charge in [0.2, 0.25) is 0 Å².